The van der Waals surface area contributed by atoms with E-state index in [-0.39, 0.29) is 0 Å². The molecule has 0 amide bonds. The van der Waals surface area contributed by atoms with E-state index in [1.165, 1.54) is 10.4 Å². The van der Waals surface area contributed by atoms with Crippen molar-refractivity contribution in [3.63, 3.8) is 0 Å². The molecule has 1 atom stereocenters. The Labute approximate surface area is 114 Å². The molecule has 3 heteroatoms. The summed E-state index contributed by atoms with van der Waals surface area (Å²) < 4.78 is 0. The Bertz CT molecular complexity index is 346. The summed E-state index contributed by atoms with van der Waals surface area (Å²) in [7, 11) is 0. The Morgan fingerprint density at radius 2 is 2.35 bits per heavy atom. The van der Waals surface area contributed by atoms with Gasteiger partial charge in [-0.05, 0) is 50.1 Å². The molecule has 0 saturated carbocycles. The van der Waals surface area contributed by atoms with Crippen LogP contribution in [0, 0.1) is 6.92 Å². The molecule has 1 rings (SSSR count). The Morgan fingerprint density at radius 3 is 2.88 bits per heavy atom. The van der Waals surface area contributed by atoms with Gasteiger partial charge in [0.25, 0.3) is 0 Å². The number of halogens is 1. The maximum absolute atomic E-state index is 6.35. The van der Waals surface area contributed by atoms with Crippen LogP contribution in [0.25, 0.3) is 0 Å². The fourth-order valence-electron chi connectivity index (χ4n) is 1.80. The number of nitrogens with one attached hydrogen (secondary N) is 1. The zero-order chi connectivity index (χ0) is 12.7. The normalized spacial score (nSPS) is 12.6. The highest BCUT2D eigenvalue weighted by Crippen LogP contribution is 2.34. The summed E-state index contributed by atoms with van der Waals surface area (Å²) in [5, 5.41) is 6.68. The van der Waals surface area contributed by atoms with Crippen molar-refractivity contribution >= 4 is 22.9 Å². The molecule has 1 unspecified atom stereocenters. The molecule has 0 aliphatic rings. The number of hydrogen-bond donors (Lipinski definition) is 1. The molecule has 1 heterocycles. The molecule has 0 radical (unpaired) electrons. The maximum atomic E-state index is 6.35. The lowest BCUT2D eigenvalue weighted by Crippen LogP contribution is -2.21. The van der Waals surface area contributed by atoms with E-state index < -0.39 is 0 Å². The van der Waals surface area contributed by atoms with E-state index in [4.69, 9.17) is 11.6 Å². The Morgan fingerprint density at radius 1 is 1.59 bits per heavy atom. The third kappa shape index (κ3) is 4.46. The molecule has 0 bridgehead atoms. The van der Waals surface area contributed by atoms with Crippen LogP contribution in [0.2, 0.25) is 5.02 Å². The highest BCUT2D eigenvalue weighted by Gasteiger charge is 2.16. The van der Waals surface area contributed by atoms with Crippen molar-refractivity contribution < 1.29 is 0 Å². The largest absolute Gasteiger partial charge is 0.309 e. The van der Waals surface area contributed by atoms with Crippen LogP contribution >= 0.6 is 22.9 Å². The minimum atomic E-state index is 0.404. The first kappa shape index (κ1) is 14.7. The zero-order valence-electron chi connectivity index (χ0n) is 10.8. The molecule has 0 spiro atoms. The maximum Gasteiger partial charge on any atom is 0.0590 e. The van der Waals surface area contributed by atoms with Crippen molar-refractivity contribution in [1.29, 1.82) is 0 Å². The number of hydrogen-bond acceptors (Lipinski definition) is 2. The van der Waals surface area contributed by atoms with Gasteiger partial charge < -0.3 is 5.32 Å². The molecule has 96 valence electrons. The van der Waals surface area contributed by atoms with E-state index in [2.05, 4.69) is 31.1 Å². The minimum Gasteiger partial charge on any atom is -0.309 e. The topological polar surface area (TPSA) is 12.0 Å². The van der Waals surface area contributed by atoms with Crippen molar-refractivity contribution in [2.75, 3.05) is 6.54 Å². The van der Waals surface area contributed by atoms with Gasteiger partial charge in [-0.2, -0.15) is 0 Å². The van der Waals surface area contributed by atoms with Crippen LogP contribution in [0.1, 0.15) is 49.1 Å². The van der Waals surface area contributed by atoms with Crippen molar-refractivity contribution in [2.24, 2.45) is 0 Å². The fraction of sp³-hybridized carbons (Fsp3) is 0.571. The number of unbranched alkanes of at least 4 members (excludes halogenated alkanes) is 1. The molecule has 0 aliphatic carbocycles. The number of allylic oxidation sites excluding steroid dienone is 1. The molecule has 1 aromatic rings. The molecule has 1 aromatic heterocycles. The van der Waals surface area contributed by atoms with Gasteiger partial charge in [0.1, 0.15) is 0 Å². The first-order valence-corrected chi connectivity index (χ1v) is 7.54. The predicted octanol–water partition coefficient (Wildman–Crippen LogP) is 5.11. The minimum absolute atomic E-state index is 0.404. The van der Waals surface area contributed by atoms with Crippen molar-refractivity contribution in [3.8, 4) is 0 Å². The summed E-state index contributed by atoms with van der Waals surface area (Å²) in [6.45, 7) is 9.08. The molecule has 0 aliphatic heterocycles. The second-order valence-corrected chi connectivity index (χ2v) is 5.61. The van der Waals surface area contributed by atoms with Gasteiger partial charge in [0.15, 0.2) is 0 Å². The van der Waals surface area contributed by atoms with Crippen LogP contribution in [0.3, 0.4) is 0 Å². The average molecular weight is 272 g/mol. The van der Waals surface area contributed by atoms with Gasteiger partial charge in [-0.3, -0.25) is 0 Å². The number of aryl methyl sites for hydroxylation is 1. The Kier molecular flexibility index (Phi) is 6.86. The van der Waals surface area contributed by atoms with E-state index in [9.17, 15) is 0 Å². The quantitative estimate of drug-likeness (QED) is 0.512. The van der Waals surface area contributed by atoms with Gasteiger partial charge in [-0.25, -0.2) is 0 Å². The third-order valence-electron chi connectivity index (χ3n) is 2.78. The summed E-state index contributed by atoms with van der Waals surface area (Å²) in [4.78, 5) is 1.29. The third-order valence-corrected chi connectivity index (χ3v) is 4.61. The van der Waals surface area contributed by atoms with Crippen molar-refractivity contribution in [1.82, 2.24) is 5.32 Å². The van der Waals surface area contributed by atoms with Gasteiger partial charge in [0.2, 0.25) is 0 Å². The van der Waals surface area contributed by atoms with E-state index >= 15 is 0 Å². The second kappa shape index (κ2) is 7.91. The molecular weight excluding hydrogens is 250 g/mol. The van der Waals surface area contributed by atoms with Crippen LogP contribution in [0.4, 0.5) is 0 Å². The monoisotopic (exact) mass is 271 g/mol. The Balaban J connectivity index is 2.67. The number of thiophene rings is 1. The lowest BCUT2D eigenvalue weighted by molar-refractivity contribution is 0.492. The zero-order valence-corrected chi connectivity index (χ0v) is 12.3. The van der Waals surface area contributed by atoms with Gasteiger partial charge in [0.05, 0.1) is 5.02 Å². The molecule has 0 aromatic carbocycles. The highest BCUT2D eigenvalue weighted by atomic mass is 35.5. The first-order valence-electron chi connectivity index (χ1n) is 6.28. The van der Waals surface area contributed by atoms with Crippen LogP contribution in [0.15, 0.2) is 18.0 Å². The predicted molar refractivity (Wildman–Crippen MR) is 79.1 cm³/mol. The summed E-state index contributed by atoms with van der Waals surface area (Å²) in [6, 6.07) is 0.404. The number of rotatable bonds is 8. The lowest BCUT2D eigenvalue weighted by atomic mass is 10.1. The van der Waals surface area contributed by atoms with Gasteiger partial charge in [-0.1, -0.05) is 24.6 Å². The molecule has 1 nitrogen and oxygen atoms in total. The smallest absolute Gasteiger partial charge is 0.0590 e. The SMILES string of the molecule is C=CCCCC(NCCC)c1scc(C)c1Cl. The van der Waals surface area contributed by atoms with E-state index in [1.54, 1.807) is 11.3 Å². The van der Waals surface area contributed by atoms with Gasteiger partial charge >= 0.3 is 0 Å². The highest BCUT2D eigenvalue weighted by molar-refractivity contribution is 7.10. The lowest BCUT2D eigenvalue weighted by Gasteiger charge is -2.17. The van der Waals surface area contributed by atoms with Crippen LogP contribution in [-0.2, 0) is 0 Å². The van der Waals surface area contributed by atoms with Crippen molar-refractivity contribution in [3.05, 3.63) is 33.5 Å². The average Bonchev–Trinajstić information content (AvgIpc) is 2.65. The van der Waals surface area contributed by atoms with Gasteiger partial charge in [0, 0.05) is 10.9 Å². The fourth-order valence-corrected chi connectivity index (χ4v) is 3.23. The summed E-state index contributed by atoms with van der Waals surface area (Å²) in [5.74, 6) is 0. The standard InChI is InChI=1S/C14H22ClNS/c1-4-6-7-8-12(16-9-5-2)14-13(15)11(3)10-17-14/h4,10,12,16H,1,5-9H2,2-3H3. The summed E-state index contributed by atoms with van der Waals surface area (Å²) >= 11 is 8.12. The molecule has 0 fully saturated rings. The van der Waals surface area contributed by atoms with E-state index in [0.717, 1.165) is 37.3 Å². The Hall–Kier alpha value is -0.310. The molecule has 17 heavy (non-hydrogen) atoms. The first-order chi connectivity index (χ1) is 8.20. The summed E-state index contributed by atoms with van der Waals surface area (Å²) in [5.41, 5.74) is 1.19. The molecular formula is C14H22ClNS. The molecule has 0 saturated heterocycles. The van der Waals surface area contributed by atoms with Crippen LogP contribution in [-0.4, -0.2) is 6.54 Å². The van der Waals surface area contributed by atoms with E-state index in [1.807, 2.05) is 6.08 Å². The second-order valence-electron chi connectivity index (χ2n) is 4.32. The summed E-state index contributed by atoms with van der Waals surface area (Å²) in [6.07, 6.45) is 6.51. The molecule has 1 N–H and O–H groups in total. The van der Waals surface area contributed by atoms with Crippen LogP contribution < -0.4 is 5.32 Å². The van der Waals surface area contributed by atoms with Gasteiger partial charge in [-0.15, -0.1) is 17.9 Å². The van der Waals surface area contributed by atoms with Crippen LogP contribution in [0.5, 0.6) is 0 Å². The van der Waals surface area contributed by atoms with Crippen molar-refractivity contribution in [2.45, 2.75) is 45.6 Å². The van der Waals surface area contributed by atoms with E-state index in [0.29, 0.717) is 6.04 Å².